The van der Waals surface area contributed by atoms with Crippen molar-refractivity contribution in [2.75, 3.05) is 26.3 Å². The number of carboxylic acids is 1. The van der Waals surface area contributed by atoms with Crippen molar-refractivity contribution >= 4 is 41.6 Å². The Balaban J connectivity index is 0.00000261. The molecule has 0 aromatic heterocycles. The van der Waals surface area contributed by atoms with Gasteiger partial charge in [-0.15, -0.1) is 12.4 Å². The fourth-order valence-electron chi connectivity index (χ4n) is 2.91. The zero-order valence-corrected chi connectivity index (χ0v) is 16.7. The quantitative estimate of drug-likeness (QED) is 0.729. The lowest BCUT2D eigenvalue weighted by Crippen LogP contribution is -2.29. The summed E-state index contributed by atoms with van der Waals surface area (Å²) in [5.41, 5.74) is 1.13. The highest BCUT2D eigenvalue weighted by molar-refractivity contribution is 6.42. The first-order valence-corrected chi connectivity index (χ1v) is 9.03. The third kappa shape index (κ3) is 5.74. The van der Waals surface area contributed by atoms with E-state index in [0.717, 1.165) is 12.1 Å². The SMILES string of the molecule is Cl.O=C(O)c1cccc(OC[C@H]2CNCCO[C@H]2c2ccc(Cl)c(Cl)c2)c1. The standard InChI is InChI=1S/C19H19Cl2NO4.ClH/c20-16-5-4-12(9-17(16)21)18-14(10-22-6-7-25-18)11-26-15-3-1-2-13(8-15)19(23)24;/h1-5,8-9,14,18,22H,6-7,10-11H2,(H,23,24);1H/t14-,18+;/m1./s1. The van der Waals surface area contributed by atoms with E-state index in [1.807, 2.05) is 12.1 Å². The van der Waals surface area contributed by atoms with Gasteiger partial charge in [0.1, 0.15) is 5.75 Å². The molecule has 1 heterocycles. The third-order valence-corrected chi connectivity index (χ3v) is 4.97. The van der Waals surface area contributed by atoms with Gasteiger partial charge in [-0.25, -0.2) is 4.79 Å². The number of carbonyl (C=O) groups is 1. The topological polar surface area (TPSA) is 67.8 Å². The van der Waals surface area contributed by atoms with E-state index >= 15 is 0 Å². The van der Waals surface area contributed by atoms with Gasteiger partial charge in [-0.05, 0) is 35.9 Å². The molecule has 0 unspecified atom stereocenters. The number of rotatable bonds is 5. The molecular weight excluding hydrogens is 413 g/mol. The van der Waals surface area contributed by atoms with Crippen molar-refractivity contribution in [1.82, 2.24) is 5.32 Å². The van der Waals surface area contributed by atoms with E-state index in [1.54, 1.807) is 18.2 Å². The normalized spacial score (nSPS) is 19.6. The second kappa shape index (κ2) is 10.2. The first-order chi connectivity index (χ1) is 12.5. The summed E-state index contributed by atoms with van der Waals surface area (Å²) >= 11 is 12.2. The highest BCUT2D eigenvalue weighted by Gasteiger charge is 2.27. The molecule has 1 aliphatic heterocycles. The number of benzene rings is 2. The molecule has 1 aliphatic rings. The van der Waals surface area contributed by atoms with Crippen LogP contribution in [0.1, 0.15) is 22.0 Å². The van der Waals surface area contributed by atoms with Gasteiger partial charge < -0.3 is 19.9 Å². The van der Waals surface area contributed by atoms with Gasteiger partial charge in [-0.1, -0.05) is 35.3 Å². The molecule has 2 atom stereocenters. The summed E-state index contributed by atoms with van der Waals surface area (Å²) in [5.74, 6) is -0.436. The average Bonchev–Trinajstić information content (AvgIpc) is 2.88. The zero-order chi connectivity index (χ0) is 18.5. The number of hydrogen-bond donors (Lipinski definition) is 2. The Morgan fingerprint density at radius 3 is 2.78 bits per heavy atom. The number of nitrogens with one attached hydrogen (secondary N) is 1. The van der Waals surface area contributed by atoms with Gasteiger partial charge in [-0.2, -0.15) is 0 Å². The maximum Gasteiger partial charge on any atom is 0.335 e. The van der Waals surface area contributed by atoms with Crippen molar-refractivity contribution in [2.45, 2.75) is 6.10 Å². The minimum atomic E-state index is -0.983. The van der Waals surface area contributed by atoms with Crippen LogP contribution in [-0.4, -0.2) is 37.4 Å². The molecule has 0 radical (unpaired) electrons. The smallest absolute Gasteiger partial charge is 0.335 e. The summed E-state index contributed by atoms with van der Waals surface area (Å²) in [6, 6.07) is 11.9. The van der Waals surface area contributed by atoms with Crippen LogP contribution >= 0.6 is 35.6 Å². The highest BCUT2D eigenvalue weighted by Crippen LogP contribution is 2.32. The van der Waals surface area contributed by atoms with E-state index in [1.165, 1.54) is 12.1 Å². The highest BCUT2D eigenvalue weighted by atomic mass is 35.5. The van der Waals surface area contributed by atoms with E-state index in [0.29, 0.717) is 35.6 Å². The molecule has 2 aromatic carbocycles. The Hall–Kier alpha value is -1.50. The van der Waals surface area contributed by atoms with Gasteiger partial charge in [0.15, 0.2) is 0 Å². The monoisotopic (exact) mass is 431 g/mol. The van der Waals surface area contributed by atoms with Crippen LogP contribution in [0.15, 0.2) is 42.5 Å². The predicted molar refractivity (Wildman–Crippen MR) is 108 cm³/mol. The molecule has 27 heavy (non-hydrogen) atoms. The fraction of sp³-hybridized carbons (Fsp3) is 0.316. The van der Waals surface area contributed by atoms with Gasteiger partial charge in [0.25, 0.3) is 0 Å². The van der Waals surface area contributed by atoms with E-state index in [-0.39, 0.29) is 30.0 Å². The van der Waals surface area contributed by atoms with Gasteiger partial charge in [0.05, 0.1) is 34.9 Å². The summed E-state index contributed by atoms with van der Waals surface area (Å²) < 4.78 is 11.9. The molecule has 0 aliphatic carbocycles. The second-order valence-electron chi connectivity index (χ2n) is 6.07. The molecule has 8 heteroatoms. The van der Waals surface area contributed by atoms with Crippen molar-refractivity contribution in [1.29, 1.82) is 0 Å². The summed E-state index contributed by atoms with van der Waals surface area (Å²) in [7, 11) is 0. The molecular formula is C19H20Cl3NO4. The Morgan fingerprint density at radius 2 is 2.04 bits per heavy atom. The molecule has 0 spiro atoms. The van der Waals surface area contributed by atoms with Gasteiger partial charge >= 0.3 is 5.97 Å². The van der Waals surface area contributed by atoms with Crippen molar-refractivity contribution in [3.05, 3.63) is 63.6 Å². The van der Waals surface area contributed by atoms with Crippen LogP contribution in [0.3, 0.4) is 0 Å². The van der Waals surface area contributed by atoms with Crippen molar-refractivity contribution < 1.29 is 19.4 Å². The number of carboxylic acid groups (broad SMARTS) is 1. The van der Waals surface area contributed by atoms with Crippen LogP contribution < -0.4 is 10.1 Å². The Bertz CT molecular complexity index is 787. The van der Waals surface area contributed by atoms with Crippen LogP contribution in [0, 0.1) is 5.92 Å². The maximum atomic E-state index is 11.1. The van der Waals surface area contributed by atoms with E-state index in [2.05, 4.69) is 5.32 Å². The van der Waals surface area contributed by atoms with E-state index in [4.69, 9.17) is 37.8 Å². The molecule has 3 rings (SSSR count). The Morgan fingerprint density at radius 1 is 1.22 bits per heavy atom. The number of halogens is 3. The molecule has 146 valence electrons. The molecule has 0 bridgehead atoms. The lowest BCUT2D eigenvalue weighted by atomic mass is 9.96. The van der Waals surface area contributed by atoms with Gasteiger partial charge in [0.2, 0.25) is 0 Å². The van der Waals surface area contributed by atoms with Crippen molar-refractivity contribution in [2.24, 2.45) is 5.92 Å². The van der Waals surface area contributed by atoms with E-state index in [9.17, 15) is 4.79 Å². The summed E-state index contributed by atoms with van der Waals surface area (Å²) in [5, 5.41) is 13.4. The molecule has 1 fully saturated rings. The average molecular weight is 433 g/mol. The Kier molecular flexibility index (Phi) is 8.20. The largest absolute Gasteiger partial charge is 0.493 e. The maximum absolute atomic E-state index is 11.1. The number of aromatic carboxylic acids is 1. The Labute approximate surface area is 174 Å². The summed E-state index contributed by atoms with van der Waals surface area (Å²) in [4.78, 5) is 11.1. The first kappa shape index (κ1) is 21.8. The third-order valence-electron chi connectivity index (χ3n) is 4.23. The lowest BCUT2D eigenvalue weighted by molar-refractivity contribution is 0.0153. The second-order valence-corrected chi connectivity index (χ2v) is 6.89. The minimum absolute atomic E-state index is 0. The van der Waals surface area contributed by atoms with E-state index < -0.39 is 5.97 Å². The van der Waals surface area contributed by atoms with Gasteiger partial charge in [-0.3, -0.25) is 0 Å². The molecule has 2 N–H and O–H groups in total. The lowest BCUT2D eigenvalue weighted by Gasteiger charge is -2.25. The number of hydrogen-bond acceptors (Lipinski definition) is 4. The minimum Gasteiger partial charge on any atom is -0.493 e. The summed E-state index contributed by atoms with van der Waals surface area (Å²) in [6.45, 7) is 2.42. The summed E-state index contributed by atoms with van der Waals surface area (Å²) in [6.07, 6.45) is -0.192. The van der Waals surface area contributed by atoms with Crippen LogP contribution in [0.4, 0.5) is 0 Å². The van der Waals surface area contributed by atoms with Crippen LogP contribution in [0.25, 0.3) is 0 Å². The van der Waals surface area contributed by atoms with Gasteiger partial charge in [0, 0.05) is 19.0 Å². The molecule has 1 saturated heterocycles. The fourth-order valence-corrected chi connectivity index (χ4v) is 3.22. The molecule has 5 nitrogen and oxygen atoms in total. The van der Waals surface area contributed by atoms with Crippen molar-refractivity contribution in [3.63, 3.8) is 0 Å². The van der Waals surface area contributed by atoms with Crippen LogP contribution in [0.5, 0.6) is 5.75 Å². The van der Waals surface area contributed by atoms with Crippen molar-refractivity contribution in [3.8, 4) is 5.75 Å². The predicted octanol–water partition coefficient (Wildman–Crippen LogP) is 4.47. The molecule has 0 saturated carbocycles. The first-order valence-electron chi connectivity index (χ1n) is 8.28. The van der Waals surface area contributed by atoms with Crippen LogP contribution in [0.2, 0.25) is 10.0 Å². The van der Waals surface area contributed by atoms with Crippen LogP contribution in [-0.2, 0) is 4.74 Å². The number of ether oxygens (including phenoxy) is 2. The zero-order valence-electron chi connectivity index (χ0n) is 14.4. The molecule has 2 aromatic rings. The molecule has 0 amide bonds.